The van der Waals surface area contributed by atoms with Gasteiger partial charge >= 0.3 is 5.69 Å². The zero-order chi connectivity index (χ0) is 15.1. The van der Waals surface area contributed by atoms with Crippen LogP contribution in [0, 0.1) is 27.2 Å². The van der Waals surface area contributed by atoms with Gasteiger partial charge < -0.3 is 15.2 Å². The predicted molar refractivity (Wildman–Crippen MR) is 69.8 cm³/mol. The van der Waals surface area contributed by atoms with E-state index >= 15 is 0 Å². The van der Waals surface area contributed by atoms with Crippen molar-refractivity contribution in [1.29, 1.82) is 0 Å². The summed E-state index contributed by atoms with van der Waals surface area (Å²) in [5.74, 6) is -0.541. The van der Waals surface area contributed by atoms with Crippen molar-refractivity contribution in [3.8, 4) is 5.75 Å². The van der Waals surface area contributed by atoms with Crippen molar-refractivity contribution in [2.75, 3.05) is 26.3 Å². The average Bonchev–Trinajstić information content (AvgIpc) is 2.43. The van der Waals surface area contributed by atoms with E-state index in [0.717, 1.165) is 38.4 Å². The van der Waals surface area contributed by atoms with E-state index in [2.05, 4.69) is 5.32 Å². The first kappa shape index (κ1) is 15.8. The van der Waals surface area contributed by atoms with Gasteiger partial charge in [-0.05, 0) is 6.92 Å². The van der Waals surface area contributed by atoms with Gasteiger partial charge in [0, 0.05) is 24.7 Å². The van der Waals surface area contributed by atoms with E-state index < -0.39 is 27.0 Å². The Morgan fingerprint density at radius 3 is 2.15 bits per heavy atom. The molecule has 0 spiro atoms. The summed E-state index contributed by atoms with van der Waals surface area (Å²) in [6.07, 6.45) is 0. The minimum absolute atomic E-state index is 0.103. The maximum Gasteiger partial charge on any atom is 0.317 e. The molecule has 0 saturated carbocycles. The number of benzene rings is 1. The van der Waals surface area contributed by atoms with E-state index in [1.165, 1.54) is 6.92 Å². The Balaban J connectivity index is 0.000000276. The minimum atomic E-state index is -0.866. The Bertz CT molecular complexity index is 490. The number of nitrogens with zero attached hydrogens (tertiary/aromatic N) is 2. The lowest BCUT2D eigenvalue weighted by Crippen LogP contribution is -2.30. The molecule has 1 saturated heterocycles. The number of aryl methyl sites for hydroxylation is 1. The third kappa shape index (κ3) is 4.44. The van der Waals surface area contributed by atoms with Crippen LogP contribution in [0.15, 0.2) is 12.1 Å². The van der Waals surface area contributed by atoms with Gasteiger partial charge in [0.05, 0.1) is 29.1 Å². The molecule has 20 heavy (non-hydrogen) atoms. The van der Waals surface area contributed by atoms with Crippen LogP contribution in [0.2, 0.25) is 0 Å². The summed E-state index contributed by atoms with van der Waals surface area (Å²) in [7, 11) is 0. The Morgan fingerprint density at radius 2 is 1.80 bits per heavy atom. The topological polar surface area (TPSA) is 128 Å². The fourth-order valence-corrected chi connectivity index (χ4v) is 1.50. The standard InChI is InChI=1S/C7H6N2O5.C4H9NO/c1-4-2-5(8(11)12)3-6(7(4)10)9(13)14;1-3-6-4-2-5-1/h2-3,10H,1H3;5H,1-4H2. The highest BCUT2D eigenvalue weighted by atomic mass is 16.6. The SMILES string of the molecule is C1COCCN1.Cc1cc([N+](=O)[O-])cc([N+](=O)[O-])c1O. The van der Waals surface area contributed by atoms with E-state index in [-0.39, 0.29) is 5.56 Å². The van der Waals surface area contributed by atoms with Crippen LogP contribution in [0.25, 0.3) is 0 Å². The van der Waals surface area contributed by atoms with Gasteiger partial charge in [0.2, 0.25) is 0 Å². The molecule has 1 aliphatic rings. The molecule has 1 aromatic rings. The summed E-state index contributed by atoms with van der Waals surface area (Å²) in [5.41, 5.74) is -0.963. The van der Waals surface area contributed by atoms with Crippen molar-refractivity contribution in [2.24, 2.45) is 0 Å². The molecule has 9 heteroatoms. The fraction of sp³-hybridized carbons (Fsp3) is 0.455. The van der Waals surface area contributed by atoms with Crippen LogP contribution in [0.1, 0.15) is 5.56 Å². The third-order valence-electron chi connectivity index (χ3n) is 2.52. The highest BCUT2D eigenvalue weighted by Crippen LogP contribution is 2.33. The quantitative estimate of drug-likeness (QED) is 0.615. The van der Waals surface area contributed by atoms with Crippen molar-refractivity contribution in [1.82, 2.24) is 5.32 Å². The first-order valence-electron chi connectivity index (χ1n) is 5.84. The summed E-state index contributed by atoms with van der Waals surface area (Å²) >= 11 is 0. The minimum Gasteiger partial charge on any atom is -0.502 e. The van der Waals surface area contributed by atoms with Gasteiger partial charge in [-0.15, -0.1) is 0 Å². The second-order valence-electron chi connectivity index (χ2n) is 4.01. The Morgan fingerprint density at radius 1 is 1.20 bits per heavy atom. The number of phenols is 1. The van der Waals surface area contributed by atoms with Crippen LogP contribution in [-0.2, 0) is 4.74 Å². The van der Waals surface area contributed by atoms with Crippen molar-refractivity contribution in [3.05, 3.63) is 37.9 Å². The van der Waals surface area contributed by atoms with Crippen molar-refractivity contribution >= 4 is 11.4 Å². The Labute approximate surface area is 114 Å². The molecule has 1 fully saturated rings. The van der Waals surface area contributed by atoms with Crippen LogP contribution >= 0.6 is 0 Å². The number of hydrogen-bond acceptors (Lipinski definition) is 7. The molecular weight excluding hydrogens is 270 g/mol. The summed E-state index contributed by atoms with van der Waals surface area (Å²) in [6, 6.07) is 1.80. The van der Waals surface area contributed by atoms with Crippen LogP contribution in [-0.4, -0.2) is 41.3 Å². The lowest BCUT2D eigenvalue weighted by Gasteiger charge is -2.10. The van der Waals surface area contributed by atoms with Gasteiger partial charge in [0.1, 0.15) is 0 Å². The van der Waals surface area contributed by atoms with Crippen LogP contribution in [0.5, 0.6) is 5.75 Å². The van der Waals surface area contributed by atoms with Gasteiger partial charge in [-0.3, -0.25) is 20.2 Å². The highest BCUT2D eigenvalue weighted by Gasteiger charge is 2.21. The van der Waals surface area contributed by atoms with Gasteiger partial charge in [-0.1, -0.05) is 0 Å². The van der Waals surface area contributed by atoms with Crippen LogP contribution < -0.4 is 5.32 Å². The maximum atomic E-state index is 10.4. The fourth-order valence-electron chi connectivity index (χ4n) is 1.50. The van der Waals surface area contributed by atoms with E-state index in [9.17, 15) is 25.3 Å². The van der Waals surface area contributed by atoms with Crippen molar-refractivity contribution < 1.29 is 19.7 Å². The first-order chi connectivity index (χ1) is 9.43. The molecule has 0 radical (unpaired) electrons. The van der Waals surface area contributed by atoms with Gasteiger partial charge in [0.25, 0.3) is 5.69 Å². The molecule has 1 aliphatic heterocycles. The van der Waals surface area contributed by atoms with E-state index in [1.54, 1.807) is 0 Å². The summed E-state index contributed by atoms with van der Waals surface area (Å²) in [6.45, 7) is 5.19. The molecule has 0 aromatic heterocycles. The monoisotopic (exact) mass is 285 g/mol. The molecule has 0 aliphatic carbocycles. The zero-order valence-electron chi connectivity index (χ0n) is 10.9. The summed E-state index contributed by atoms with van der Waals surface area (Å²) < 4.78 is 5.01. The van der Waals surface area contributed by atoms with Crippen LogP contribution in [0.4, 0.5) is 11.4 Å². The lowest BCUT2D eigenvalue weighted by atomic mass is 10.1. The molecule has 9 nitrogen and oxygen atoms in total. The van der Waals surface area contributed by atoms with Gasteiger partial charge in [0.15, 0.2) is 5.75 Å². The molecule has 2 N–H and O–H groups in total. The smallest absolute Gasteiger partial charge is 0.317 e. The Kier molecular flexibility index (Phi) is 5.81. The molecule has 2 rings (SSSR count). The maximum absolute atomic E-state index is 10.4. The highest BCUT2D eigenvalue weighted by molar-refractivity contribution is 5.57. The van der Waals surface area contributed by atoms with E-state index in [1.807, 2.05) is 0 Å². The molecule has 110 valence electrons. The number of nitro benzene ring substituents is 2. The Hall–Kier alpha value is -2.26. The summed E-state index contributed by atoms with van der Waals surface area (Å²) in [5, 5.41) is 33.1. The molecule has 0 amide bonds. The number of aromatic hydroxyl groups is 1. The number of nitrogens with one attached hydrogen (secondary N) is 1. The second-order valence-corrected chi connectivity index (χ2v) is 4.01. The number of morpholine rings is 1. The number of ether oxygens (including phenoxy) is 1. The third-order valence-corrected chi connectivity index (χ3v) is 2.52. The molecule has 0 atom stereocenters. The summed E-state index contributed by atoms with van der Waals surface area (Å²) in [4.78, 5) is 19.1. The van der Waals surface area contributed by atoms with Gasteiger partial charge in [-0.25, -0.2) is 0 Å². The normalized spacial score (nSPS) is 14.1. The number of hydrogen-bond donors (Lipinski definition) is 2. The second kappa shape index (κ2) is 7.36. The van der Waals surface area contributed by atoms with Crippen LogP contribution in [0.3, 0.4) is 0 Å². The number of rotatable bonds is 2. The van der Waals surface area contributed by atoms with Gasteiger partial charge in [-0.2, -0.15) is 0 Å². The van der Waals surface area contributed by atoms with E-state index in [4.69, 9.17) is 4.74 Å². The van der Waals surface area contributed by atoms with E-state index in [0.29, 0.717) is 0 Å². The zero-order valence-corrected chi connectivity index (χ0v) is 10.9. The molecule has 1 aromatic carbocycles. The largest absolute Gasteiger partial charge is 0.502 e. The molecule has 0 bridgehead atoms. The molecule has 1 heterocycles. The average molecular weight is 285 g/mol. The number of phenolic OH excluding ortho intramolecular Hbond substituents is 1. The number of non-ortho nitro benzene ring substituents is 1. The molecular formula is C11H15N3O6. The number of nitro groups is 2. The van der Waals surface area contributed by atoms with Crippen molar-refractivity contribution in [2.45, 2.75) is 6.92 Å². The predicted octanol–water partition coefficient (Wildman–Crippen LogP) is 1.12. The van der Waals surface area contributed by atoms with Crippen molar-refractivity contribution in [3.63, 3.8) is 0 Å². The first-order valence-corrected chi connectivity index (χ1v) is 5.84. The molecule has 0 unspecified atom stereocenters. The lowest BCUT2D eigenvalue weighted by molar-refractivity contribution is -0.394.